The van der Waals surface area contributed by atoms with E-state index >= 15 is 0 Å². The van der Waals surface area contributed by atoms with Crippen LogP contribution in [0.3, 0.4) is 0 Å². The van der Waals surface area contributed by atoms with Crippen molar-refractivity contribution in [1.82, 2.24) is 0 Å². The standard InChI is InChI=1S/C8H11P.CHO.2ClH.Pt/c1-9(2)8-6-4-3-5-7-8;1-2;;;/h3-7H,1-2H3;1H;2*1H;/q;-1;;;+2/p-1. The SMILES string of the molecule is C[PH+](C)c1ccccc1.[CH-]=O.[Cl][Pt][Cl]. The Labute approximate surface area is 103 Å². The Balaban J connectivity index is 0. The van der Waals surface area contributed by atoms with Gasteiger partial charge in [-0.3, -0.25) is 6.79 Å². The summed E-state index contributed by atoms with van der Waals surface area (Å²) in [5.74, 6) is 0. The fourth-order valence-corrected chi connectivity index (χ4v) is 1.63. The minimum absolute atomic E-state index is 0.212. The summed E-state index contributed by atoms with van der Waals surface area (Å²) < 4.78 is 0. The molecule has 0 radical (unpaired) electrons. The maximum atomic E-state index is 7.75. The van der Waals surface area contributed by atoms with E-state index in [0.717, 1.165) is 0 Å². The molecule has 0 atom stereocenters. The van der Waals surface area contributed by atoms with E-state index in [4.69, 9.17) is 23.6 Å². The Bertz CT molecular complexity index is 209. The van der Waals surface area contributed by atoms with E-state index < -0.39 is 16.5 Å². The predicted molar refractivity (Wildman–Crippen MR) is 64.7 cm³/mol. The molecule has 5 heteroatoms. The quantitative estimate of drug-likeness (QED) is 0.378. The van der Waals surface area contributed by atoms with Gasteiger partial charge in [-0.1, -0.05) is 18.2 Å². The van der Waals surface area contributed by atoms with Gasteiger partial charge in [0.1, 0.15) is 0 Å². The van der Waals surface area contributed by atoms with Crippen molar-refractivity contribution in [2.24, 2.45) is 0 Å². The van der Waals surface area contributed by atoms with Gasteiger partial charge in [-0.15, -0.1) is 0 Å². The predicted octanol–water partition coefficient (Wildman–Crippen LogP) is 2.89. The fourth-order valence-electron chi connectivity index (χ4n) is 0.771. The second-order valence-electron chi connectivity index (χ2n) is 2.41. The Kier molecular flexibility index (Phi) is 16.5. The molecule has 0 heterocycles. The molecule has 14 heavy (non-hydrogen) atoms. The van der Waals surface area contributed by atoms with E-state index in [1.54, 1.807) is 0 Å². The summed E-state index contributed by atoms with van der Waals surface area (Å²) in [6, 6.07) is 10.7. The Hall–Kier alpha value is 0.588. The van der Waals surface area contributed by atoms with Crippen LogP contribution in [0.25, 0.3) is 0 Å². The number of benzene rings is 1. The molecule has 1 aromatic carbocycles. The molecule has 0 aliphatic rings. The van der Waals surface area contributed by atoms with E-state index in [2.05, 4.69) is 50.5 Å². The van der Waals surface area contributed by atoms with Crippen LogP contribution in [-0.4, -0.2) is 20.1 Å². The number of halogens is 2. The minimum atomic E-state index is -0.472. The van der Waals surface area contributed by atoms with Crippen molar-refractivity contribution in [1.29, 1.82) is 0 Å². The van der Waals surface area contributed by atoms with Crippen LogP contribution >= 0.6 is 26.8 Å². The molecule has 0 unspecified atom stereocenters. The summed E-state index contributed by atoms with van der Waals surface area (Å²) in [5, 5.41) is 1.52. The molecular formula is C9H13Cl2OPPt. The number of carbonyl (C=O) groups excluding carboxylic acids is 1. The first-order valence-electron chi connectivity index (χ1n) is 3.64. The summed E-state index contributed by atoms with van der Waals surface area (Å²) in [6.45, 7) is 7.86. The van der Waals surface area contributed by atoms with E-state index in [9.17, 15) is 0 Å². The Morgan fingerprint density at radius 1 is 1.14 bits per heavy atom. The van der Waals surface area contributed by atoms with Crippen LogP contribution in [0.2, 0.25) is 0 Å². The third-order valence-corrected chi connectivity index (χ3v) is 2.84. The summed E-state index contributed by atoms with van der Waals surface area (Å²) in [6.07, 6.45) is 0. The van der Waals surface area contributed by atoms with Gasteiger partial charge in [0, 0.05) is 7.92 Å². The van der Waals surface area contributed by atoms with Crippen LogP contribution in [0.5, 0.6) is 0 Å². The molecular weight excluding hydrogens is 421 g/mol. The third-order valence-electron chi connectivity index (χ3n) is 1.35. The monoisotopic (exact) mass is 433 g/mol. The zero-order valence-electron chi connectivity index (χ0n) is 7.94. The third kappa shape index (κ3) is 10.7. The summed E-state index contributed by atoms with van der Waals surface area (Å²) in [4.78, 5) is 7.75. The van der Waals surface area contributed by atoms with Gasteiger partial charge in [-0.25, -0.2) is 0 Å². The van der Waals surface area contributed by atoms with Gasteiger partial charge in [0.2, 0.25) is 0 Å². The summed E-state index contributed by atoms with van der Waals surface area (Å²) in [7, 11) is 9.54. The van der Waals surface area contributed by atoms with E-state index in [0.29, 0.717) is 0 Å². The van der Waals surface area contributed by atoms with Gasteiger partial charge in [-0.05, 0) is 12.1 Å². The molecule has 0 N–H and O–H groups in total. The van der Waals surface area contributed by atoms with E-state index in [1.165, 1.54) is 5.30 Å². The maximum absolute atomic E-state index is 7.75. The molecule has 0 aliphatic heterocycles. The molecule has 1 nitrogen and oxygen atoms in total. The van der Waals surface area contributed by atoms with Gasteiger partial charge >= 0.3 is 35.3 Å². The van der Waals surface area contributed by atoms with Crippen LogP contribution in [0.15, 0.2) is 30.3 Å². The van der Waals surface area contributed by atoms with Crippen molar-refractivity contribution >= 4 is 38.9 Å². The van der Waals surface area contributed by atoms with E-state index in [-0.39, 0.29) is 7.92 Å². The second kappa shape index (κ2) is 13.6. The summed E-state index contributed by atoms with van der Waals surface area (Å²) in [5.41, 5.74) is 0. The summed E-state index contributed by atoms with van der Waals surface area (Å²) >= 11 is -0.472. The number of rotatable bonds is 1. The first kappa shape index (κ1) is 17.0. The average molecular weight is 434 g/mol. The van der Waals surface area contributed by atoms with Crippen molar-refractivity contribution < 1.29 is 21.3 Å². The van der Waals surface area contributed by atoms with Crippen molar-refractivity contribution in [3.8, 4) is 0 Å². The second-order valence-corrected chi connectivity index (χ2v) is 8.27. The number of hydrogen-bond acceptors (Lipinski definition) is 1. The van der Waals surface area contributed by atoms with Crippen LogP contribution in [0.4, 0.5) is 0 Å². The molecule has 0 amide bonds. The van der Waals surface area contributed by atoms with Crippen molar-refractivity contribution in [3.63, 3.8) is 0 Å². The van der Waals surface area contributed by atoms with Crippen molar-refractivity contribution in [2.45, 2.75) is 0 Å². The van der Waals surface area contributed by atoms with Crippen molar-refractivity contribution in [3.05, 3.63) is 30.3 Å². The molecule has 84 valence electrons. The molecule has 0 saturated heterocycles. The van der Waals surface area contributed by atoms with Crippen LogP contribution in [-0.2, 0) is 21.3 Å². The molecule has 0 saturated carbocycles. The molecule has 0 aromatic heterocycles. The normalized spacial score (nSPS) is 8.36. The molecule has 1 aromatic rings. The van der Waals surface area contributed by atoms with Gasteiger partial charge < -0.3 is 4.79 Å². The van der Waals surface area contributed by atoms with Crippen LogP contribution < -0.4 is 5.30 Å². The first-order chi connectivity index (χ1) is 6.72. The zero-order valence-corrected chi connectivity index (χ0v) is 12.7. The molecule has 0 bridgehead atoms. The molecule has 1 rings (SSSR count). The number of hydrogen-bond donors (Lipinski definition) is 0. The Morgan fingerprint density at radius 2 is 1.50 bits per heavy atom. The molecule has 0 aliphatic carbocycles. The first-order valence-corrected chi connectivity index (χ1v) is 11.8. The zero-order chi connectivity index (χ0) is 11.4. The Morgan fingerprint density at radius 3 is 1.71 bits per heavy atom. The van der Waals surface area contributed by atoms with Crippen LogP contribution in [0.1, 0.15) is 0 Å². The van der Waals surface area contributed by atoms with Gasteiger partial charge in [0.05, 0.1) is 18.6 Å². The molecule has 0 fully saturated rings. The average Bonchev–Trinajstić information content (AvgIpc) is 2.23. The van der Waals surface area contributed by atoms with Crippen LogP contribution in [0, 0.1) is 0 Å². The fraction of sp³-hybridized carbons (Fsp3) is 0.222. The molecule has 0 spiro atoms. The van der Waals surface area contributed by atoms with Gasteiger partial charge in [0.25, 0.3) is 0 Å². The van der Waals surface area contributed by atoms with Crippen molar-refractivity contribution in [2.75, 3.05) is 13.3 Å². The van der Waals surface area contributed by atoms with Gasteiger partial charge in [-0.2, -0.15) is 0 Å². The van der Waals surface area contributed by atoms with E-state index in [1.807, 2.05) is 0 Å². The topological polar surface area (TPSA) is 17.1 Å². The van der Waals surface area contributed by atoms with Gasteiger partial charge in [0.15, 0.2) is 0 Å².